The van der Waals surface area contributed by atoms with Crippen LogP contribution in [0.2, 0.25) is 0 Å². The lowest BCUT2D eigenvalue weighted by atomic mass is 10.3. The summed E-state index contributed by atoms with van der Waals surface area (Å²) in [4.78, 5) is 2.10. The number of nitrogens with zero attached hydrogens (tertiary/aromatic N) is 1. The lowest BCUT2D eigenvalue weighted by molar-refractivity contribution is 0.530. The normalized spacial score (nSPS) is 14.2. The van der Waals surface area contributed by atoms with Gasteiger partial charge in [-0.1, -0.05) is 32.1 Å². The zero-order valence-electron chi connectivity index (χ0n) is 8.54. The number of rotatable bonds is 1. The Balaban J connectivity index is 0.000000561. The first-order valence-corrected chi connectivity index (χ1v) is 4.51. The summed E-state index contributed by atoms with van der Waals surface area (Å²) in [7, 11) is 4.10. The summed E-state index contributed by atoms with van der Waals surface area (Å²) in [6.07, 6.45) is 11.7. The first kappa shape index (κ1) is 11.0. The Hall–Kier alpha value is -0.980. The summed E-state index contributed by atoms with van der Waals surface area (Å²) >= 11 is 0. The Bertz CT molecular complexity index is 185. The number of allylic oxidation sites excluding steroid dienone is 5. The average molecular weight is 165 g/mol. The molecule has 0 aromatic rings. The topological polar surface area (TPSA) is 3.24 Å². The van der Waals surface area contributed by atoms with Crippen LogP contribution >= 0.6 is 0 Å². The van der Waals surface area contributed by atoms with Crippen LogP contribution in [0.15, 0.2) is 36.1 Å². The second-order valence-electron chi connectivity index (χ2n) is 2.55. The molecule has 0 unspecified atom stereocenters. The minimum absolute atomic E-state index is 1.05. The summed E-state index contributed by atoms with van der Waals surface area (Å²) in [6, 6.07) is 0. The van der Waals surface area contributed by atoms with Crippen LogP contribution in [-0.2, 0) is 0 Å². The smallest absolute Gasteiger partial charge is 0.0357 e. The fourth-order valence-corrected chi connectivity index (χ4v) is 0.866. The van der Waals surface area contributed by atoms with E-state index in [1.54, 1.807) is 0 Å². The number of hydrogen-bond donors (Lipinski definition) is 0. The highest BCUT2D eigenvalue weighted by Gasteiger charge is 1.92. The van der Waals surface area contributed by atoms with Crippen molar-refractivity contribution in [2.45, 2.75) is 20.3 Å². The van der Waals surface area contributed by atoms with Crippen LogP contribution in [0, 0.1) is 0 Å². The van der Waals surface area contributed by atoms with Gasteiger partial charge >= 0.3 is 0 Å². The van der Waals surface area contributed by atoms with Crippen molar-refractivity contribution in [2.75, 3.05) is 14.1 Å². The monoisotopic (exact) mass is 165 g/mol. The zero-order chi connectivity index (χ0) is 9.40. The summed E-state index contributed by atoms with van der Waals surface area (Å²) in [5.41, 5.74) is 1.26. The molecule has 0 spiro atoms. The Labute approximate surface area is 76.1 Å². The van der Waals surface area contributed by atoms with Crippen molar-refractivity contribution in [3.63, 3.8) is 0 Å². The van der Waals surface area contributed by atoms with Gasteiger partial charge in [-0.05, 0) is 18.6 Å². The van der Waals surface area contributed by atoms with E-state index >= 15 is 0 Å². The Kier molecular flexibility index (Phi) is 6.16. The molecule has 0 aromatic carbocycles. The van der Waals surface area contributed by atoms with E-state index in [-0.39, 0.29) is 0 Å². The molecular formula is C11H19N. The third-order valence-corrected chi connectivity index (χ3v) is 1.48. The molecule has 0 aliphatic heterocycles. The quantitative estimate of drug-likeness (QED) is 0.577. The van der Waals surface area contributed by atoms with Crippen molar-refractivity contribution in [1.29, 1.82) is 0 Å². The molecule has 0 amide bonds. The van der Waals surface area contributed by atoms with Crippen LogP contribution in [0.4, 0.5) is 0 Å². The van der Waals surface area contributed by atoms with Crippen molar-refractivity contribution < 1.29 is 0 Å². The summed E-state index contributed by atoms with van der Waals surface area (Å²) in [6.45, 7) is 4.00. The van der Waals surface area contributed by atoms with E-state index in [9.17, 15) is 0 Å². The van der Waals surface area contributed by atoms with E-state index in [0.29, 0.717) is 0 Å². The van der Waals surface area contributed by atoms with Crippen molar-refractivity contribution in [2.24, 2.45) is 0 Å². The third-order valence-electron chi connectivity index (χ3n) is 1.48. The van der Waals surface area contributed by atoms with Gasteiger partial charge in [-0.25, -0.2) is 0 Å². The molecule has 0 saturated heterocycles. The van der Waals surface area contributed by atoms with Gasteiger partial charge in [0.2, 0.25) is 0 Å². The van der Waals surface area contributed by atoms with Crippen molar-refractivity contribution in [1.82, 2.24) is 4.90 Å². The van der Waals surface area contributed by atoms with Gasteiger partial charge in [0.15, 0.2) is 0 Å². The molecule has 0 saturated carbocycles. The molecular weight excluding hydrogens is 146 g/mol. The zero-order valence-corrected chi connectivity index (χ0v) is 8.54. The van der Waals surface area contributed by atoms with Crippen molar-refractivity contribution >= 4 is 0 Å². The van der Waals surface area contributed by atoms with Gasteiger partial charge in [0, 0.05) is 19.8 Å². The Morgan fingerprint density at radius 1 is 1.17 bits per heavy atom. The molecule has 1 heteroatoms. The molecule has 0 heterocycles. The summed E-state index contributed by atoms with van der Waals surface area (Å²) < 4.78 is 0. The van der Waals surface area contributed by atoms with Gasteiger partial charge < -0.3 is 4.90 Å². The largest absolute Gasteiger partial charge is 0.378 e. The molecule has 1 aliphatic rings. The SMILES string of the molecule is CC.CN(C)C1=CC=CCC=C1. The minimum Gasteiger partial charge on any atom is -0.378 e. The fraction of sp³-hybridized carbons (Fsp3) is 0.455. The Morgan fingerprint density at radius 3 is 2.42 bits per heavy atom. The molecule has 1 aliphatic carbocycles. The molecule has 0 bridgehead atoms. The van der Waals surface area contributed by atoms with Crippen LogP contribution in [0.5, 0.6) is 0 Å². The maximum absolute atomic E-state index is 2.16. The van der Waals surface area contributed by atoms with E-state index in [1.807, 2.05) is 13.8 Å². The lowest BCUT2D eigenvalue weighted by Crippen LogP contribution is -2.08. The fourth-order valence-electron chi connectivity index (χ4n) is 0.866. The molecule has 0 aromatic heterocycles. The van der Waals surface area contributed by atoms with E-state index in [1.165, 1.54) is 5.70 Å². The molecule has 0 N–H and O–H groups in total. The van der Waals surface area contributed by atoms with Gasteiger partial charge in [-0.3, -0.25) is 0 Å². The molecule has 1 nitrogen and oxygen atoms in total. The maximum Gasteiger partial charge on any atom is 0.0357 e. The van der Waals surface area contributed by atoms with Gasteiger partial charge in [-0.2, -0.15) is 0 Å². The van der Waals surface area contributed by atoms with E-state index in [0.717, 1.165) is 6.42 Å². The van der Waals surface area contributed by atoms with Crippen molar-refractivity contribution in [3.05, 3.63) is 36.1 Å². The molecule has 68 valence electrons. The van der Waals surface area contributed by atoms with E-state index in [4.69, 9.17) is 0 Å². The first-order valence-electron chi connectivity index (χ1n) is 4.51. The van der Waals surface area contributed by atoms with E-state index < -0.39 is 0 Å². The van der Waals surface area contributed by atoms with Crippen LogP contribution in [0.25, 0.3) is 0 Å². The second kappa shape index (κ2) is 6.71. The third kappa shape index (κ3) is 4.02. The molecule has 1 rings (SSSR count). The second-order valence-corrected chi connectivity index (χ2v) is 2.55. The average Bonchev–Trinajstić information content (AvgIpc) is 2.35. The predicted molar refractivity (Wildman–Crippen MR) is 56.0 cm³/mol. The predicted octanol–water partition coefficient (Wildman–Crippen LogP) is 2.97. The van der Waals surface area contributed by atoms with Gasteiger partial charge in [0.25, 0.3) is 0 Å². The summed E-state index contributed by atoms with van der Waals surface area (Å²) in [5, 5.41) is 0. The molecule has 12 heavy (non-hydrogen) atoms. The van der Waals surface area contributed by atoms with Crippen LogP contribution in [0.1, 0.15) is 20.3 Å². The minimum atomic E-state index is 1.05. The molecule has 0 atom stereocenters. The number of hydrogen-bond acceptors (Lipinski definition) is 1. The summed E-state index contributed by atoms with van der Waals surface area (Å²) in [5.74, 6) is 0. The van der Waals surface area contributed by atoms with Gasteiger partial charge in [0.05, 0.1) is 0 Å². The molecule has 0 radical (unpaired) electrons. The van der Waals surface area contributed by atoms with Crippen LogP contribution in [0.3, 0.4) is 0 Å². The highest BCUT2D eigenvalue weighted by molar-refractivity contribution is 5.25. The first-order chi connectivity index (χ1) is 5.80. The van der Waals surface area contributed by atoms with Crippen LogP contribution in [-0.4, -0.2) is 19.0 Å². The maximum atomic E-state index is 2.16. The van der Waals surface area contributed by atoms with E-state index in [2.05, 4.69) is 49.4 Å². The molecule has 0 fully saturated rings. The highest BCUT2D eigenvalue weighted by Crippen LogP contribution is 2.05. The Morgan fingerprint density at radius 2 is 1.83 bits per heavy atom. The lowest BCUT2D eigenvalue weighted by Gasteiger charge is -2.11. The highest BCUT2D eigenvalue weighted by atomic mass is 15.1. The number of likely N-dealkylation sites (N-methyl/N-ethyl adjacent to an activating group) is 1. The van der Waals surface area contributed by atoms with Crippen molar-refractivity contribution in [3.8, 4) is 0 Å². The van der Waals surface area contributed by atoms with Gasteiger partial charge in [0.1, 0.15) is 0 Å². The van der Waals surface area contributed by atoms with Crippen LogP contribution < -0.4 is 0 Å². The van der Waals surface area contributed by atoms with Gasteiger partial charge in [-0.15, -0.1) is 0 Å². The standard InChI is InChI=1S/C9H13N.C2H6/c1-10(2)9-7-5-3-4-6-8-9;1-2/h3,5-8H,4H2,1-2H3;1-2H3.